The molecule has 0 atom stereocenters. The number of carbonyl (C=O) groups excluding carboxylic acids is 2. The molecule has 4 nitrogen and oxygen atoms in total. The third-order valence-corrected chi connectivity index (χ3v) is 3.32. The molecule has 1 rings (SSSR count). The molecular weight excluding hydrogens is 301 g/mol. The maximum atomic E-state index is 12.8. The molecule has 0 bridgehead atoms. The first-order valence-electron chi connectivity index (χ1n) is 6.51. The molecule has 0 radical (unpaired) electrons. The van der Waals surface area contributed by atoms with Crippen LogP contribution in [0.1, 0.15) is 32.6 Å². The minimum atomic E-state index is -5.92. The van der Waals surface area contributed by atoms with Crippen LogP contribution in [0.2, 0.25) is 0 Å². The molecule has 1 N–H and O–H groups in total. The number of hydrogen-bond donors (Lipinski definition) is 1. The van der Waals surface area contributed by atoms with Gasteiger partial charge in [0, 0.05) is 6.04 Å². The average molecular weight is 317 g/mol. The zero-order valence-corrected chi connectivity index (χ0v) is 11.3. The third kappa shape index (κ3) is 4.28. The van der Waals surface area contributed by atoms with Crippen LogP contribution in [-0.2, 0) is 14.3 Å². The van der Waals surface area contributed by atoms with Gasteiger partial charge in [0.25, 0.3) is 0 Å². The van der Waals surface area contributed by atoms with E-state index in [9.17, 15) is 31.5 Å². The van der Waals surface area contributed by atoms with Crippen LogP contribution in [0.25, 0.3) is 0 Å². The van der Waals surface area contributed by atoms with Crippen molar-refractivity contribution in [2.45, 2.75) is 50.7 Å². The summed E-state index contributed by atoms with van der Waals surface area (Å²) < 4.78 is 66.4. The lowest BCUT2D eigenvalue weighted by Gasteiger charge is -2.29. The number of nitrogens with one attached hydrogen (secondary N) is 1. The van der Waals surface area contributed by atoms with Gasteiger partial charge in [-0.2, -0.15) is 22.0 Å². The van der Waals surface area contributed by atoms with Gasteiger partial charge in [-0.3, -0.25) is 9.59 Å². The molecule has 9 heteroatoms. The van der Waals surface area contributed by atoms with Crippen molar-refractivity contribution < 1.29 is 36.3 Å². The zero-order chi connectivity index (χ0) is 16.3. The van der Waals surface area contributed by atoms with Gasteiger partial charge in [-0.25, -0.2) is 0 Å². The van der Waals surface area contributed by atoms with E-state index in [-0.39, 0.29) is 32.3 Å². The van der Waals surface area contributed by atoms with Gasteiger partial charge in [0.2, 0.25) is 0 Å². The van der Waals surface area contributed by atoms with E-state index in [1.807, 2.05) is 0 Å². The Balaban J connectivity index is 2.50. The molecule has 0 heterocycles. The first-order valence-corrected chi connectivity index (χ1v) is 6.51. The highest BCUT2D eigenvalue weighted by Crippen LogP contribution is 2.36. The number of esters is 1. The third-order valence-electron chi connectivity index (χ3n) is 3.32. The van der Waals surface area contributed by atoms with E-state index in [1.54, 1.807) is 12.2 Å². The lowest BCUT2D eigenvalue weighted by Crippen LogP contribution is -2.53. The van der Waals surface area contributed by atoms with Crippen molar-refractivity contribution in [2.24, 2.45) is 5.92 Å². The van der Waals surface area contributed by atoms with Crippen molar-refractivity contribution in [3.63, 3.8) is 0 Å². The van der Waals surface area contributed by atoms with Gasteiger partial charge in [0.15, 0.2) is 0 Å². The summed E-state index contributed by atoms with van der Waals surface area (Å²) in [7, 11) is 0. The van der Waals surface area contributed by atoms with E-state index in [0.29, 0.717) is 0 Å². The molecule has 21 heavy (non-hydrogen) atoms. The predicted octanol–water partition coefficient (Wildman–Crippen LogP) is 2.42. The number of halogens is 5. The highest BCUT2D eigenvalue weighted by atomic mass is 19.4. The van der Waals surface area contributed by atoms with Gasteiger partial charge in [0.1, 0.15) is 0 Å². The van der Waals surface area contributed by atoms with E-state index >= 15 is 0 Å². The summed E-state index contributed by atoms with van der Waals surface area (Å²) in [6, 6.07) is -0.795. The standard InChI is InChI=1S/C12H16F5NO3/c1-2-21-9(19)7-3-5-8(6-4-7)18-10(20)11(13,14)12(15,16)17/h7-8H,2-6H2,1H3,(H,18,20). The van der Waals surface area contributed by atoms with Crippen LogP contribution in [0.15, 0.2) is 0 Å². The minimum Gasteiger partial charge on any atom is -0.466 e. The fraction of sp³-hybridized carbons (Fsp3) is 0.833. The smallest absolute Gasteiger partial charge is 0.463 e. The molecule has 0 spiro atoms. The molecule has 0 aromatic heterocycles. The topological polar surface area (TPSA) is 55.4 Å². The lowest BCUT2D eigenvalue weighted by molar-refractivity contribution is -0.270. The van der Waals surface area contributed by atoms with E-state index < -0.39 is 35.9 Å². The Hall–Kier alpha value is -1.41. The van der Waals surface area contributed by atoms with E-state index in [2.05, 4.69) is 0 Å². The predicted molar refractivity (Wildman–Crippen MR) is 61.5 cm³/mol. The van der Waals surface area contributed by atoms with Crippen LogP contribution in [0.5, 0.6) is 0 Å². The van der Waals surface area contributed by atoms with Crippen LogP contribution in [0, 0.1) is 5.92 Å². The van der Waals surface area contributed by atoms with Crippen molar-refractivity contribution in [1.82, 2.24) is 5.32 Å². The molecule has 0 aromatic rings. The van der Waals surface area contributed by atoms with Crippen molar-refractivity contribution in [1.29, 1.82) is 0 Å². The highest BCUT2D eigenvalue weighted by molar-refractivity contribution is 5.84. The molecule has 1 amide bonds. The second-order valence-electron chi connectivity index (χ2n) is 4.85. The monoisotopic (exact) mass is 317 g/mol. The van der Waals surface area contributed by atoms with Crippen molar-refractivity contribution in [2.75, 3.05) is 6.61 Å². The van der Waals surface area contributed by atoms with Gasteiger partial charge >= 0.3 is 24.0 Å². The molecule has 1 fully saturated rings. The molecule has 122 valence electrons. The maximum absolute atomic E-state index is 12.8. The fourth-order valence-corrected chi connectivity index (χ4v) is 2.14. The van der Waals surface area contributed by atoms with Crippen LogP contribution in [0.4, 0.5) is 22.0 Å². The van der Waals surface area contributed by atoms with Gasteiger partial charge in [-0.05, 0) is 32.6 Å². The Bertz CT molecular complexity index is 389. The van der Waals surface area contributed by atoms with E-state index in [4.69, 9.17) is 4.74 Å². The zero-order valence-electron chi connectivity index (χ0n) is 11.3. The van der Waals surface area contributed by atoms with Crippen molar-refractivity contribution >= 4 is 11.9 Å². The summed E-state index contributed by atoms with van der Waals surface area (Å²) in [5.41, 5.74) is 0. The average Bonchev–Trinajstić information content (AvgIpc) is 2.38. The summed E-state index contributed by atoms with van der Waals surface area (Å²) in [6.45, 7) is 1.86. The molecule has 0 unspecified atom stereocenters. The quantitative estimate of drug-likeness (QED) is 0.640. The first-order chi connectivity index (χ1) is 9.59. The SMILES string of the molecule is CCOC(=O)C1CCC(NC(=O)C(F)(F)C(F)(F)F)CC1. The van der Waals surface area contributed by atoms with Gasteiger partial charge < -0.3 is 10.1 Å². The fourth-order valence-electron chi connectivity index (χ4n) is 2.14. The highest BCUT2D eigenvalue weighted by Gasteiger charge is 2.63. The maximum Gasteiger partial charge on any atom is 0.463 e. The summed E-state index contributed by atoms with van der Waals surface area (Å²) >= 11 is 0. The number of ether oxygens (including phenoxy) is 1. The number of hydrogen-bond acceptors (Lipinski definition) is 3. The largest absolute Gasteiger partial charge is 0.466 e. The van der Waals surface area contributed by atoms with Gasteiger partial charge in [0.05, 0.1) is 12.5 Å². The van der Waals surface area contributed by atoms with Gasteiger partial charge in [-0.15, -0.1) is 0 Å². The Morgan fingerprint density at radius 1 is 1.10 bits per heavy atom. The van der Waals surface area contributed by atoms with Crippen LogP contribution < -0.4 is 5.32 Å². The van der Waals surface area contributed by atoms with Crippen LogP contribution >= 0.6 is 0 Å². The van der Waals surface area contributed by atoms with E-state index in [0.717, 1.165) is 0 Å². The second-order valence-corrected chi connectivity index (χ2v) is 4.85. The number of rotatable bonds is 4. The first kappa shape index (κ1) is 17.6. The number of alkyl halides is 5. The molecule has 0 saturated heterocycles. The van der Waals surface area contributed by atoms with E-state index in [1.165, 1.54) is 0 Å². The van der Waals surface area contributed by atoms with Crippen molar-refractivity contribution in [3.05, 3.63) is 0 Å². The molecule has 0 aromatic carbocycles. The number of carbonyl (C=O) groups is 2. The summed E-state index contributed by atoms with van der Waals surface area (Å²) in [5, 5.41) is 1.70. The van der Waals surface area contributed by atoms with Crippen molar-refractivity contribution in [3.8, 4) is 0 Å². The molecule has 1 aliphatic rings. The van der Waals surface area contributed by atoms with Crippen LogP contribution in [-0.4, -0.2) is 36.6 Å². The van der Waals surface area contributed by atoms with Gasteiger partial charge in [-0.1, -0.05) is 0 Å². The lowest BCUT2D eigenvalue weighted by atomic mass is 9.86. The van der Waals surface area contributed by atoms with Crippen LogP contribution in [0.3, 0.4) is 0 Å². The Morgan fingerprint density at radius 3 is 2.05 bits per heavy atom. The molecule has 1 saturated carbocycles. The molecule has 1 aliphatic carbocycles. The molecule has 0 aliphatic heterocycles. The Morgan fingerprint density at radius 2 is 1.62 bits per heavy atom. The molecular formula is C12H16F5NO3. The Kier molecular flexibility index (Phi) is 5.52. The summed E-state index contributed by atoms with van der Waals surface area (Å²) in [5.74, 6) is -8.58. The normalized spacial score (nSPS) is 23.5. The second kappa shape index (κ2) is 6.57. The summed E-state index contributed by atoms with van der Waals surface area (Å²) in [4.78, 5) is 22.5. The number of amides is 1. The summed E-state index contributed by atoms with van der Waals surface area (Å²) in [6.07, 6.45) is -5.05. The minimum absolute atomic E-state index is 0.156. The Labute approximate surface area is 118 Å².